The van der Waals surface area contributed by atoms with Gasteiger partial charge in [-0.15, -0.1) is 0 Å². The maximum absolute atomic E-state index is 14.8. The van der Waals surface area contributed by atoms with E-state index in [1.165, 1.54) is 24.8 Å². The SMILES string of the molecule is COc1ccc(-c2c(C3CCCCC3)c3ccc(C(=O)O)cc3n2C(C(=O)N2C3CCC2CN(C)C3)C2CC2)cc1. The van der Waals surface area contributed by atoms with Crippen molar-refractivity contribution in [1.82, 2.24) is 14.4 Å². The lowest BCUT2D eigenvalue weighted by Crippen LogP contribution is -2.56. The molecule has 1 N–H and O–H groups in total. The zero-order valence-electron chi connectivity index (χ0n) is 24.2. The van der Waals surface area contributed by atoms with Crippen molar-refractivity contribution in [2.75, 3.05) is 27.2 Å². The number of carbonyl (C=O) groups excluding carboxylic acids is 1. The van der Waals surface area contributed by atoms with Gasteiger partial charge in [0.1, 0.15) is 11.8 Å². The van der Waals surface area contributed by atoms with Gasteiger partial charge in [0, 0.05) is 30.6 Å². The van der Waals surface area contributed by atoms with E-state index in [2.05, 4.69) is 33.5 Å². The second-order valence-corrected chi connectivity index (χ2v) is 12.9. The van der Waals surface area contributed by atoms with E-state index in [-0.39, 0.29) is 35.5 Å². The molecule has 41 heavy (non-hydrogen) atoms. The number of hydrogen-bond donors (Lipinski definition) is 1. The molecule has 3 unspecified atom stereocenters. The van der Waals surface area contributed by atoms with Crippen molar-refractivity contribution >= 4 is 22.8 Å². The Balaban J connectivity index is 1.47. The number of likely N-dealkylation sites (tertiary alicyclic amines) is 1. The van der Waals surface area contributed by atoms with Crippen LogP contribution < -0.4 is 4.74 Å². The number of ether oxygens (including phenoxy) is 1. The molecule has 0 spiro atoms. The summed E-state index contributed by atoms with van der Waals surface area (Å²) in [5, 5.41) is 11.1. The minimum Gasteiger partial charge on any atom is -0.497 e. The minimum absolute atomic E-state index is 0.232. The maximum atomic E-state index is 14.8. The van der Waals surface area contributed by atoms with Crippen LogP contribution in [-0.4, -0.2) is 70.7 Å². The number of carboxylic acids is 1. The molecule has 1 aromatic heterocycles. The van der Waals surface area contributed by atoms with Gasteiger partial charge in [0.2, 0.25) is 5.91 Å². The summed E-state index contributed by atoms with van der Waals surface area (Å²) in [5.74, 6) is 0.747. The van der Waals surface area contributed by atoms with E-state index in [4.69, 9.17) is 4.74 Å². The third-order valence-electron chi connectivity index (χ3n) is 10.2. The van der Waals surface area contributed by atoms with Gasteiger partial charge in [-0.25, -0.2) is 4.79 Å². The average molecular weight is 556 g/mol. The van der Waals surface area contributed by atoms with Gasteiger partial charge in [-0.1, -0.05) is 25.3 Å². The molecule has 7 heteroatoms. The first kappa shape index (κ1) is 26.6. The number of rotatable bonds is 7. The molecule has 3 atom stereocenters. The number of aromatic carboxylic acids is 1. The number of methoxy groups -OCH3 is 1. The number of fused-ring (bicyclic) bond motifs is 3. The fourth-order valence-electron chi connectivity index (χ4n) is 8.17. The Bertz CT molecular complexity index is 1450. The summed E-state index contributed by atoms with van der Waals surface area (Å²) >= 11 is 0. The van der Waals surface area contributed by atoms with Crippen molar-refractivity contribution in [3.8, 4) is 17.0 Å². The lowest BCUT2D eigenvalue weighted by Gasteiger charge is -2.41. The summed E-state index contributed by atoms with van der Waals surface area (Å²) in [5.41, 5.74) is 4.63. The number of benzene rings is 2. The molecule has 216 valence electrons. The summed E-state index contributed by atoms with van der Waals surface area (Å²) in [6.07, 6.45) is 10.1. The molecule has 3 aromatic rings. The largest absolute Gasteiger partial charge is 0.497 e. The molecule has 4 aliphatic rings. The molecule has 4 fully saturated rings. The van der Waals surface area contributed by atoms with Gasteiger partial charge < -0.3 is 24.2 Å². The number of aromatic nitrogens is 1. The fraction of sp³-hybridized carbons (Fsp3) is 0.529. The Labute approximate surface area is 242 Å². The lowest BCUT2D eigenvalue weighted by atomic mass is 9.81. The number of amides is 1. The summed E-state index contributed by atoms with van der Waals surface area (Å²) < 4.78 is 7.80. The van der Waals surface area contributed by atoms with Crippen molar-refractivity contribution < 1.29 is 19.4 Å². The second-order valence-electron chi connectivity index (χ2n) is 12.9. The first-order valence-electron chi connectivity index (χ1n) is 15.5. The highest BCUT2D eigenvalue weighted by Gasteiger charge is 2.48. The van der Waals surface area contributed by atoms with Crippen LogP contribution in [-0.2, 0) is 4.79 Å². The van der Waals surface area contributed by atoms with E-state index in [0.717, 1.165) is 79.5 Å². The van der Waals surface area contributed by atoms with Crippen LogP contribution in [0.2, 0.25) is 0 Å². The number of nitrogens with zero attached hydrogens (tertiary/aromatic N) is 3. The van der Waals surface area contributed by atoms with Crippen LogP contribution in [0.15, 0.2) is 42.5 Å². The van der Waals surface area contributed by atoms with Gasteiger partial charge in [0.05, 0.1) is 23.9 Å². The molecule has 7 nitrogen and oxygen atoms in total. The molecule has 2 saturated carbocycles. The van der Waals surface area contributed by atoms with Gasteiger partial charge in [-0.2, -0.15) is 0 Å². The smallest absolute Gasteiger partial charge is 0.335 e. The topological polar surface area (TPSA) is 75.0 Å². The van der Waals surface area contributed by atoms with Crippen LogP contribution in [0, 0.1) is 5.92 Å². The zero-order valence-corrected chi connectivity index (χ0v) is 24.2. The van der Waals surface area contributed by atoms with Crippen LogP contribution in [0.5, 0.6) is 5.75 Å². The molecule has 2 aliphatic heterocycles. The Kier molecular flexibility index (Phi) is 6.81. The van der Waals surface area contributed by atoms with Crippen molar-refractivity contribution in [2.45, 2.75) is 81.8 Å². The van der Waals surface area contributed by atoms with E-state index in [0.29, 0.717) is 5.92 Å². The van der Waals surface area contributed by atoms with E-state index in [1.807, 2.05) is 24.3 Å². The normalized spacial score (nSPS) is 24.1. The molecular weight excluding hydrogens is 514 g/mol. The van der Waals surface area contributed by atoms with Crippen LogP contribution in [0.4, 0.5) is 0 Å². The summed E-state index contributed by atoms with van der Waals surface area (Å²) in [7, 11) is 3.84. The van der Waals surface area contributed by atoms with Crippen molar-refractivity contribution in [3.05, 3.63) is 53.6 Å². The summed E-state index contributed by atoms with van der Waals surface area (Å²) in [6, 6.07) is 14.0. The third-order valence-corrected chi connectivity index (χ3v) is 10.2. The molecule has 0 radical (unpaired) electrons. The maximum Gasteiger partial charge on any atom is 0.335 e. The fourth-order valence-corrected chi connectivity index (χ4v) is 8.17. The van der Waals surface area contributed by atoms with Gasteiger partial charge in [-0.05, 0) is 105 Å². The first-order chi connectivity index (χ1) is 19.9. The Morgan fingerprint density at radius 2 is 1.59 bits per heavy atom. The molecule has 2 aliphatic carbocycles. The van der Waals surface area contributed by atoms with Crippen molar-refractivity contribution in [3.63, 3.8) is 0 Å². The highest BCUT2D eigenvalue weighted by Crippen LogP contribution is 2.51. The average Bonchev–Trinajstić information content (AvgIpc) is 3.71. The highest BCUT2D eigenvalue weighted by atomic mass is 16.5. The number of carbonyl (C=O) groups is 2. The zero-order chi connectivity index (χ0) is 28.2. The number of hydrogen-bond acceptors (Lipinski definition) is 4. The quantitative estimate of drug-likeness (QED) is 0.369. The van der Waals surface area contributed by atoms with E-state index in [9.17, 15) is 14.7 Å². The highest BCUT2D eigenvalue weighted by molar-refractivity contribution is 5.99. The van der Waals surface area contributed by atoms with Gasteiger partial charge in [0.25, 0.3) is 0 Å². The Morgan fingerprint density at radius 1 is 0.902 bits per heavy atom. The first-order valence-corrected chi connectivity index (χ1v) is 15.5. The standard InChI is InChI=1S/C34H41N3O4/c1-35-19-25-13-14-26(20-35)36(25)33(38)32(23-8-9-23)37-29-18-24(34(39)40)12-17-28(29)30(21-6-4-3-5-7-21)31(37)22-10-15-27(41-2)16-11-22/h10-12,15-18,21,23,25-26,32H,3-9,13-14,19-20H2,1-2H3,(H,39,40). The van der Waals surface area contributed by atoms with E-state index < -0.39 is 5.97 Å². The van der Waals surface area contributed by atoms with E-state index in [1.54, 1.807) is 13.2 Å². The van der Waals surface area contributed by atoms with Gasteiger partial charge in [-0.3, -0.25) is 4.79 Å². The second kappa shape index (κ2) is 10.5. The monoisotopic (exact) mass is 555 g/mol. The Morgan fingerprint density at radius 3 is 2.20 bits per heavy atom. The molecule has 7 rings (SSSR count). The molecule has 3 heterocycles. The molecule has 2 saturated heterocycles. The van der Waals surface area contributed by atoms with Crippen LogP contribution in [0.1, 0.15) is 85.7 Å². The third kappa shape index (κ3) is 4.62. The lowest BCUT2D eigenvalue weighted by molar-refractivity contribution is -0.140. The number of likely N-dealkylation sites (N-methyl/N-ethyl adjacent to an activating group) is 1. The molecule has 2 aromatic carbocycles. The number of carboxylic acid groups (broad SMARTS) is 1. The molecule has 1 amide bonds. The Hall–Kier alpha value is -3.32. The predicted molar refractivity (Wildman–Crippen MR) is 160 cm³/mol. The van der Waals surface area contributed by atoms with Crippen LogP contribution >= 0.6 is 0 Å². The van der Waals surface area contributed by atoms with Crippen molar-refractivity contribution in [2.24, 2.45) is 5.92 Å². The van der Waals surface area contributed by atoms with Crippen molar-refractivity contribution in [1.29, 1.82) is 0 Å². The minimum atomic E-state index is -0.934. The van der Waals surface area contributed by atoms with Gasteiger partial charge in [0.15, 0.2) is 0 Å². The number of piperazine rings is 1. The van der Waals surface area contributed by atoms with Crippen LogP contribution in [0.25, 0.3) is 22.2 Å². The molecule has 2 bridgehead atoms. The predicted octanol–water partition coefficient (Wildman–Crippen LogP) is 6.32. The van der Waals surface area contributed by atoms with Crippen LogP contribution in [0.3, 0.4) is 0 Å². The summed E-state index contributed by atoms with van der Waals surface area (Å²) in [4.78, 5) is 31.6. The summed E-state index contributed by atoms with van der Waals surface area (Å²) in [6.45, 7) is 1.85. The van der Waals surface area contributed by atoms with E-state index >= 15 is 0 Å². The molecular formula is C34H41N3O4. The van der Waals surface area contributed by atoms with Gasteiger partial charge >= 0.3 is 5.97 Å².